The van der Waals surface area contributed by atoms with Crippen LogP contribution < -0.4 is 14.8 Å². The van der Waals surface area contributed by atoms with Crippen molar-refractivity contribution in [3.63, 3.8) is 0 Å². The molecule has 1 N–H and O–H groups in total. The molecule has 0 atom stereocenters. The van der Waals surface area contributed by atoms with Crippen molar-refractivity contribution >= 4 is 23.4 Å². The van der Waals surface area contributed by atoms with Crippen LogP contribution >= 0.6 is 0 Å². The van der Waals surface area contributed by atoms with E-state index in [1.165, 1.54) is 26.4 Å². The number of anilines is 1. The topological polar surface area (TPSA) is 114 Å². The number of nitro benzene ring substituents is 1. The maximum absolute atomic E-state index is 12.8. The molecule has 156 valence electrons. The van der Waals surface area contributed by atoms with E-state index < -0.39 is 33.8 Å². The Kier molecular flexibility index (Phi) is 6.63. The van der Waals surface area contributed by atoms with Gasteiger partial charge in [-0.25, -0.2) is 0 Å². The van der Waals surface area contributed by atoms with Gasteiger partial charge in [0.25, 0.3) is 11.6 Å². The SMILES string of the molecule is COc1cc(/C=C(\C#N)C(=O)Nc2cccc(C(F)(F)F)c2)c([N+](=O)[O-])cc1OC. The first-order valence-corrected chi connectivity index (χ1v) is 8.11. The van der Waals surface area contributed by atoms with E-state index in [0.717, 1.165) is 24.3 Å². The summed E-state index contributed by atoms with van der Waals surface area (Å²) in [6.45, 7) is 0. The van der Waals surface area contributed by atoms with E-state index in [-0.39, 0.29) is 22.7 Å². The predicted octanol–water partition coefficient (Wildman–Crippen LogP) is 4.18. The molecule has 0 unspecified atom stereocenters. The average molecular weight is 421 g/mol. The number of halogens is 3. The first kappa shape index (κ1) is 22.2. The highest BCUT2D eigenvalue weighted by molar-refractivity contribution is 6.10. The van der Waals surface area contributed by atoms with E-state index in [2.05, 4.69) is 5.32 Å². The van der Waals surface area contributed by atoms with Gasteiger partial charge in [0, 0.05) is 5.69 Å². The summed E-state index contributed by atoms with van der Waals surface area (Å²) in [6.07, 6.45) is -3.68. The van der Waals surface area contributed by atoms with Gasteiger partial charge in [0.05, 0.1) is 36.3 Å². The van der Waals surface area contributed by atoms with E-state index in [9.17, 15) is 33.3 Å². The number of rotatable bonds is 6. The third-order valence-corrected chi connectivity index (χ3v) is 3.84. The van der Waals surface area contributed by atoms with E-state index in [1.807, 2.05) is 0 Å². The lowest BCUT2D eigenvalue weighted by Crippen LogP contribution is -2.14. The third-order valence-electron chi connectivity index (χ3n) is 3.84. The highest BCUT2D eigenvalue weighted by Gasteiger charge is 2.30. The molecule has 0 saturated heterocycles. The summed E-state index contributed by atoms with van der Waals surface area (Å²) in [5.41, 5.74) is -2.35. The second kappa shape index (κ2) is 8.95. The average Bonchev–Trinajstić information content (AvgIpc) is 2.70. The summed E-state index contributed by atoms with van der Waals surface area (Å²) in [5.74, 6) is -0.862. The molecule has 11 heteroatoms. The van der Waals surface area contributed by atoms with Gasteiger partial charge in [0.2, 0.25) is 0 Å². The minimum absolute atomic E-state index is 0.0632. The lowest BCUT2D eigenvalue weighted by molar-refractivity contribution is -0.385. The fraction of sp³-hybridized carbons (Fsp3) is 0.158. The minimum Gasteiger partial charge on any atom is -0.493 e. The molecule has 0 spiro atoms. The zero-order chi connectivity index (χ0) is 22.5. The summed E-state index contributed by atoms with van der Waals surface area (Å²) in [7, 11) is 2.57. The van der Waals surface area contributed by atoms with Crippen LogP contribution in [0.5, 0.6) is 11.5 Å². The van der Waals surface area contributed by atoms with Crippen molar-refractivity contribution in [1.29, 1.82) is 5.26 Å². The molecule has 0 fully saturated rings. The Balaban J connectivity index is 2.44. The van der Waals surface area contributed by atoms with Crippen LogP contribution in [0, 0.1) is 21.4 Å². The number of nitro groups is 1. The molecule has 0 bridgehead atoms. The number of carbonyl (C=O) groups is 1. The Bertz CT molecular complexity index is 1060. The Morgan fingerprint density at radius 2 is 1.83 bits per heavy atom. The largest absolute Gasteiger partial charge is 0.493 e. The number of hydrogen-bond acceptors (Lipinski definition) is 6. The number of benzene rings is 2. The summed E-state index contributed by atoms with van der Waals surface area (Å²) < 4.78 is 48.5. The molecular weight excluding hydrogens is 407 g/mol. The number of nitrogens with one attached hydrogen (secondary N) is 1. The highest BCUT2D eigenvalue weighted by Crippen LogP contribution is 2.35. The summed E-state index contributed by atoms with van der Waals surface area (Å²) in [6, 6.07) is 7.66. The molecule has 0 aliphatic heterocycles. The zero-order valence-corrected chi connectivity index (χ0v) is 15.6. The minimum atomic E-state index is -4.62. The Hall–Kier alpha value is -4.07. The Morgan fingerprint density at radius 3 is 2.37 bits per heavy atom. The van der Waals surface area contributed by atoms with Crippen LogP contribution in [-0.4, -0.2) is 25.1 Å². The molecule has 0 aliphatic rings. The van der Waals surface area contributed by atoms with E-state index in [4.69, 9.17) is 9.47 Å². The molecule has 0 heterocycles. The summed E-state index contributed by atoms with van der Waals surface area (Å²) in [4.78, 5) is 23.0. The second-order valence-corrected chi connectivity index (χ2v) is 5.73. The molecule has 30 heavy (non-hydrogen) atoms. The van der Waals surface area contributed by atoms with Crippen molar-refractivity contribution in [3.05, 3.63) is 63.2 Å². The van der Waals surface area contributed by atoms with Gasteiger partial charge in [0.1, 0.15) is 11.6 Å². The first-order valence-electron chi connectivity index (χ1n) is 8.11. The van der Waals surface area contributed by atoms with Gasteiger partial charge < -0.3 is 14.8 Å². The fourth-order valence-corrected chi connectivity index (χ4v) is 2.43. The van der Waals surface area contributed by atoms with Gasteiger partial charge in [0.15, 0.2) is 11.5 Å². The van der Waals surface area contributed by atoms with Gasteiger partial charge in [-0.05, 0) is 30.3 Å². The highest BCUT2D eigenvalue weighted by atomic mass is 19.4. The maximum atomic E-state index is 12.8. The van der Waals surface area contributed by atoms with Crippen molar-refractivity contribution in [3.8, 4) is 17.6 Å². The summed E-state index contributed by atoms with van der Waals surface area (Å²) >= 11 is 0. The van der Waals surface area contributed by atoms with Gasteiger partial charge >= 0.3 is 6.18 Å². The van der Waals surface area contributed by atoms with E-state index >= 15 is 0 Å². The molecule has 0 aliphatic carbocycles. The van der Waals surface area contributed by atoms with Gasteiger partial charge in [-0.15, -0.1) is 0 Å². The molecule has 0 radical (unpaired) electrons. The number of hydrogen-bond donors (Lipinski definition) is 1. The predicted molar refractivity (Wildman–Crippen MR) is 99.9 cm³/mol. The fourth-order valence-electron chi connectivity index (χ4n) is 2.43. The van der Waals surface area contributed by atoms with Gasteiger partial charge in [-0.2, -0.15) is 18.4 Å². The molecule has 0 aromatic heterocycles. The summed E-state index contributed by atoms with van der Waals surface area (Å²) in [5, 5.41) is 22.8. The lowest BCUT2D eigenvalue weighted by atomic mass is 10.1. The van der Waals surface area contributed by atoms with Gasteiger partial charge in [-0.1, -0.05) is 6.07 Å². The number of ether oxygens (including phenoxy) is 2. The van der Waals surface area contributed by atoms with Crippen LogP contribution in [0.1, 0.15) is 11.1 Å². The quantitative estimate of drug-likeness (QED) is 0.324. The number of amides is 1. The second-order valence-electron chi connectivity index (χ2n) is 5.73. The van der Waals surface area contributed by atoms with Crippen molar-refractivity contribution in [1.82, 2.24) is 0 Å². The molecule has 1 amide bonds. The molecular formula is C19H14F3N3O5. The zero-order valence-electron chi connectivity index (χ0n) is 15.6. The molecule has 8 nitrogen and oxygen atoms in total. The number of nitrogens with zero attached hydrogens (tertiary/aromatic N) is 2. The van der Waals surface area contributed by atoms with Crippen molar-refractivity contribution in [2.75, 3.05) is 19.5 Å². The standard InChI is InChI=1S/C19H14F3N3O5/c1-29-16-7-11(15(25(27)28)9-17(16)30-2)6-12(10-23)18(26)24-14-5-3-4-13(8-14)19(20,21)22/h3-9H,1-2H3,(H,24,26)/b12-6+. The van der Waals surface area contributed by atoms with Crippen molar-refractivity contribution < 1.29 is 32.4 Å². The van der Waals surface area contributed by atoms with Crippen molar-refractivity contribution in [2.45, 2.75) is 6.18 Å². The number of methoxy groups -OCH3 is 2. The smallest absolute Gasteiger partial charge is 0.416 e. The van der Waals surface area contributed by atoms with Crippen LogP contribution in [0.2, 0.25) is 0 Å². The van der Waals surface area contributed by atoms with E-state index in [0.29, 0.717) is 6.07 Å². The van der Waals surface area contributed by atoms with Crippen LogP contribution in [0.3, 0.4) is 0 Å². The molecule has 2 aromatic carbocycles. The maximum Gasteiger partial charge on any atom is 0.416 e. The van der Waals surface area contributed by atoms with Crippen LogP contribution in [-0.2, 0) is 11.0 Å². The van der Waals surface area contributed by atoms with Gasteiger partial charge in [-0.3, -0.25) is 14.9 Å². The third kappa shape index (κ3) is 5.05. The monoisotopic (exact) mass is 421 g/mol. The number of alkyl halides is 3. The number of nitriles is 1. The Labute approximate surface area is 168 Å². The molecule has 2 aromatic rings. The van der Waals surface area contributed by atoms with Crippen molar-refractivity contribution in [2.24, 2.45) is 0 Å². The normalized spacial score (nSPS) is 11.4. The molecule has 0 saturated carbocycles. The van der Waals surface area contributed by atoms with Crippen LogP contribution in [0.4, 0.5) is 24.5 Å². The van der Waals surface area contributed by atoms with Crippen LogP contribution in [0.15, 0.2) is 42.0 Å². The lowest BCUT2D eigenvalue weighted by Gasteiger charge is -2.10. The van der Waals surface area contributed by atoms with Crippen LogP contribution in [0.25, 0.3) is 6.08 Å². The number of carbonyl (C=O) groups excluding carboxylic acids is 1. The molecule has 2 rings (SSSR count). The van der Waals surface area contributed by atoms with E-state index in [1.54, 1.807) is 6.07 Å². The Morgan fingerprint density at radius 1 is 1.20 bits per heavy atom. The first-order chi connectivity index (χ1) is 14.1.